The number of nitrogens with zero attached hydrogens (tertiary/aromatic N) is 1. The van der Waals surface area contributed by atoms with Crippen molar-refractivity contribution in [2.45, 2.75) is 0 Å². The first kappa shape index (κ1) is 27.6. The third kappa shape index (κ3) is 4.46. The molecule has 49 heavy (non-hydrogen) atoms. The van der Waals surface area contributed by atoms with Gasteiger partial charge < -0.3 is 4.42 Å². The Kier molecular flexibility index (Phi) is 6.22. The summed E-state index contributed by atoms with van der Waals surface area (Å²) < 4.78 is 6.47. The fourth-order valence-corrected chi connectivity index (χ4v) is 7.57. The van der Waals surface area contributed by atoms with Crippen molar-refractivity contribution in [3.63, 3.8) is 0 Å². The van der Waals surface area contributed by atoms with Crippen molar-refractivity contribution in [1.29, 1.82) is 0 Å². The zero-order valence-corrected chi connectivity index (χ0v) is 26.6. The lowest BCUT2D eigenvalue weighted by molar-refractivity contribution is 0.673. The normalized spacial score (nSPS) is 11.7. The van der Waals surface area contributed by atoms with E-state index < -0.39 is 0 Å². The molecule has 2 heteroatoms. The van der Waals surface area contributed by atoms with E-state index in [0.717, 1.165) is 49.7 Å². The van der Waals surface area contributed by atoms with Crippen molar-refractivity contribution < 1.29 is 4.42 Å². The van der Waals surface area contributed by atoms with Crippen LogP contribution in [0.4, 0.5) is 0 Å². The molecule has 0 aliphatic rings. The van der Waals surface area contributed by atoms with E-state index in [1.165, 1.54) is 49.2 Å². The third-order valence-corrected chi connectivity index (χ3v) is 9.93. The van der Waals surface area contributed by atoms with Crippen LogP contribution in [0.5, 0.6) is 0 Å². The van der Waals surface area contributed by atoms with Gasteiger partial charge in [-0.2, -0.15) is 0 Å². The first-order valence-electron chi connectivity index (χ1n) is 16.7. The summed E-state index contributed by atoms with van der Waals surface area (Å²) in [6.07, 6.45) is 1.99. The average molecular weight is 624 g/mol. The molecule has 0 spiro atoms. The lowest BCUT2D eigenvalue weighted by Crippen LogP contribution is -1.92. The molecule has 10 rings (SSSR count). The van der Waals surface area contributed by atoms with Gasteiger partial charge in [0, 0.05) is 33.5 Å². The zero-order valence-electron chi connectivity index (χ0n) is 26.6. The van der Waals surface area contributed by atoms with Crippen molar-refractivity contribution in [3.8, 4) is 44.6 Å². The van der Waals surface area contributed by atoms with Gasteiger partial charge in [0.2, 0.25) is 0 Å². The van der Waals surface area contributed by atoms with Gasteiger partial charge in [-0.1, -0.05) is 146 Å². The largest absolute Gasteiger partial charge is 0.455 e. The minimum Gasteiger partial charge on any atom is -0.455 e. The quantitative estimate of drug-likeness (QED) is 0.182. The second-order valence-corrected chi connectivity index (χ2v) is 12.7. The van der Waals surface area contributed by atoms with Crippen molar-refractivity contribution in [3.05, 3.63) is 176 Å². The minimum absolute atomic E-state index is 0.886. The van der Waals surface area contributed by atoms with Crippen LogP contribution in [0, 0.1) is 0 Å². The second-order valence-electron chi connectivity index (χ2n) is 12.7. The minimum atomic E-state index is 0.886. The number of hydrogen-bond donors (Lipinski definition) is 0. The second kappa shape index (κ2) is 11.0. The van der Waals surface area contributed by atoms with Gasteiger partial charge in [0.05, 0.1) is 5.69 Å². The van der Waals surface area contributed by atoms with Crippen LogP contribution < -0.4 is 0 Å². The third-order valence-electron chi connectivity index (χ3n) is 9.93. The van der Waals surface area contributed by atoms with E-state index in [1.54, 1.807) is 0 Å². The summed E-state index contributed by atoms with van der Waals surface area (Å²) in [5.74, 6) is 0. The SMILES string of the molecule is c1ccc(-c2ccc(-c3c4ccccc4c(-c4ccc(-c5ccc6c(c5)oc5c7ccccc7ccc65)cn4)c4ccccc34)cc2)cc1. The van der Waals surface area contributed by atoms with Crippen LogP contribution in [0.2, 0.25) is 0 Å². The summed E-state index contributed by atoms with van der Waals surface area (Å²) in [6.45, 7) is 0. The highest BCUT2D eigenvalue weighted by atomic mass is 16.3. The molecule has 0 aliphatic heterocycles. The maximum absolute atomic E-state index is 6.47. The van der Waals surface area contributed by atoms with E-state index in [2.05, 4.69) is 170 Å². The van der Waals surface area contributed by atoms with Crippen molar-refractivity contribution in [2.24, 2.45) is 0 Å². The number of aromatic nitrogens is 1. The molecule has 0 atom stereocenters. The van der Waals surface area contributed by atoms with Gasteiger partial charge >= 0.3 is 0 Å². The molecule has 228 valence electrons. The van der Waals surface area contributed by atoms with Crippen LogP contribution in [0.1, 0.15) is 0 Å². The van der Waals surface area contributed by atoms with Crippen LogP contribution in [-0.4, -0.2) is 4.98 Å². The first-order chi connectivity index (χ1) is 24.3. The maximum Gasteiger partial charge on any atom is 0.143 e. The van der Waals surface area contributed by atoms with E-state index >= 15 is 0 Å². The highest BCUT2D eigenvalue weighted by molar-refractivity contribution is 6.21. The molecule has 2 heterocycles. The Balaban J connectivity index is 1.08. The Morgan fingerprint density at radius 1 is 0.347 bits per heavy atom. The Bertz CT molecular complexity index is 2790. The van der Waals surface area contributed by atoms with Gasteiger partial charge in [-0.05, 0) is 79.0 Å². The van der Waals surface area contributed by atoms with Gasteiger partial charge in [-0.25, -0.2) is 0 Å². The van der Waals surface area contributed by atoms with Crippen LogP contribution in [0.15, 0.2) is 180 Å². The van der Waals surface area contributed by atoms with Gasteiger partial charge in [-0.3, -0.25) is 4.98 Å². The van der Waals surface area contributed by atoms with Crippen LogP contribution in [0.3, 0.4) is 0 Å². The number of furan rings is 1. The molecule has 0 fully saturated rings. The number of pyridine rings is 1. The standard InChI is InChI=1S/C47H29NO/c1-2-10-30(11-3-1)31-18-20-33(21-19-31)45-38-14-6-8-16-40(38)46(41-17-9-7-15-39(41)45)43-27-24-35(29-48-43)34-23-25-37-42-26-22-32-12-4-5-13-36(32)47(42)49-44(37)28-34/h1-29H. The van der Waals surface area contributed by atoms with Crippen LogP contribution in [-0.2, 0) is 0 Å². The molecule has 0 amide bonds. The van der Waals surface area contributed by atoms with E-state index in [1.807, 2.05) is 6.20 Å². The lowest BCUT2D eigenvalue weighted by atomic mass is 9.87. The zero-order chi connectivity index (χ0) is 32.3. The number of benzene rings is 8. The van der Waals surface area contributed by atoms with Gasteiger partial charge in [0.15, 0.2) is 0 Å². The fourth-order valence-electron chi connectivity index (χ4n) is 7.57. The molecular formula is C47H29NO. The summed E-state index contributed by atoms with van der Waals surface area (Å²) in [4.78, 5) is 5.11. The molecule has 0 N–H and O–H groups in total. The van der Waals surface area contributed by atoms with E-state index in [-0.39, 0.29) is 0 Å². The van der Waals surface area contributed by atoms with Gasteiger partial charge in [-0.15, -0.1) is 0 Å². The molecule has 8 aromatic carbocycles. The molecule has 10 aromatic rings. The van der Waals surface area contributed by atoms with E-state index in [0.29, 0.717) is 0 Å². The van der Waals surface area contributed by atoms with Crippen LogP contribution in [0.25, 0.3) is 98.9 Å². The van der Waals surface area contributed by atoms with Gasteiger partial charge in [0.25, 0.3) is 0 Å². The number of rotatable bonds is 4. The molecule has 0 aliphatic carbocycles. The van der Waals surface area contributed by atoms with E-state index in [4.69, 9.17) is 9.40 Å². The monoisotopic (exact) mass is 623 g/mol. The molecule has 0 unspecified atom stereocenters. The van der Waals surface area contributed by atoms with E-state index in [9.17, 15) is 0 Å². The fraction of sp³-hybridized carbons (Fsp3) is 0. The Labute approximate surface area is 283 Å². The first-order valence-corrected chi connectivity index (χ1v) is 16.7. The summed E-state index contributed by atoms with van der Waals surface area (Å²) in [5.41, 5.74) is 11.0. The maximum atomic E-state index is 6.47. The molecule has 0 bridgehead atoms. The Hall–Kier alpha value is -6.51. The average Bonchev–Trinajstić information content (AvgIpc) is 3.56. The number of hydrogen-bond acceptors (Lipinski definition) is 2. The van der Waals surface area contributed by atoms with Gasteiger partial charge in [0.1, 0.15) is 11.2 Å². The molecule has 2 aromatic heterocycles. The molecule has 2 nitrogen and oxygen atoms in total. The molecule has 0 saturated carbocycles. The predicted molar refractivity (Wildman–Crippen MR) is 206 cm³/mol. The van der Waals surface area contributed by atoms with Crippen molar-refractivity contribution in [2.75, 3.05) is 0 Å². The number of fused-ring (bicyclic) bond motifs is 7. The summed E-state index contributed by atoms with van der Waals surface area (Å²) in [6, 6.07) is 60.5. The predicted octanol–water partition coefficient (Wildman–Crippen LogP) is 13.1. The Morgan fingerprint density at radius 2 is 0.898 bits per heavy atom. The molecular weight excluding hydrogens is 595 g/mol. The lowest BCUT2D eigenvalue weighted by Gasteiger charge is -2.17. The summed E-state index contributed by atoms with van der Waals surface area (Å²) >= 11 is 0. The molecule has 0 saturated heterocycles. The van der Waals surface area contributed by atoms with Crippen molar-refractivity contribution >= 4 is 54.3 Å². The highest BCUT2D eigenvalue weighted by Gasteiger charge is 2.18. The van der Waals surface area contributed by atoms with Crippen molar-refractivity contribution in [1.82, 2.24) is 4.98 Å². The summed E-state index contributed by atoms with van der Waals surface area (Å²) in [5, 5.41) is 9.42. The topological polar surface area (TPSA) is 26.0 Å². The smallest absolute Gasteiger partial charge is 0.143 e. The van der Waals surface area contributed by atoms with Crippen LogP contribution >= 0.6 is 0 Å². The summed E-state index contributed by atoms with van der Waals surface area (Å²) in [7, 11) is 0. The molecule has 0 radical (unpaired) electrons. The Morgan fingerprint density at radius 3 is 1.59 bits per heavy atom. The highest BCUT2D eigenvalue weighted by Crippen LogP contribution is 2.44.